The molecule has 4 nitrogen and oxygen atoms in total. The van der Waals surface area contributed by atoms with Crippen LogP contribution in [-0.4, -0.2) is 41.0 Å². The summed E-state index contributed by atoms with van der Waals surface area (Å²) in [6.07, 6.45) is 1.93. The number of rotatable bonds is 3. The third kappa shape index (κ3) is 7.39. The van der Waals surface area contributed by atoms with E-state index in [4.69, 9.17) is 4.74 Å². The van der Waals surface area contributed by atoms with E-state index in [0.717, 1.165) is 32.5 Å². The second-order valence-corrected chi connectivity index (χ2v) is 9.19. The molecule has 0 atom stereocenters. The van der Waals surface area contributed by atoms with E-state index in [2.05, 4.69) is 25.5 Å². The van der Waals surface area contributed by atoms with Crippen molar-refractivity contribution in [3.8, 4) is 0 Å². The molecule has 118 valence electrons. The first-order valence-corrected chi connectivity index (χ1v) is 8.27. The largest absolute Gasteiger partial charge is 0.444 e. The van der Waals surface area contributed by atoms with Crippen LogP contribution in [0.2, 0.25) is 0 Å². The van der Waals surface area contributed by atoms with Gasteiger partial charge in [-0.1, -0.05) is 11.9 Å². The van der Waals surface area contributed by atoms with Gasteiger partial charge in [-0.15, -0.1) is 0 Å². The van der Waals surface area contributed by atoms with E-state index < -0.39 is 5.60 Å². The van der Waals surface area contributed by atoms with Crippen molar-refractivity contribution in [1.82, 2.24) is 9.62 Å². The Morgan fingerprint density at radius 3 is 2.20 bits per heavy atom. The molecule has 0 saturated carbocycles. The first-order chi connectivity index (χ1) is 9.07. The summed E-state index contributed by atoms with van der Waals surface area (Å²) in [4.78, 5) is 13.8. The molecule has 0 aromatic rings. The molecule has 0 spiro atoms. The van der Waals surface area contributed by atoms with Gasteiger partial charge >= 0.3 is 6.09 Å². The topological polar surface area (TPSA) is 41.6 Å². The first-order valence-electron chi connectivity index (χ1n) is 7.45. The Kier molecular flexibility index (Phi) is 6.20. The Bertz CT molecular complexity index is 313. The summed E-state index contributed by atoms with van der Waals surface area (Å²) in [5.74, 6) is 0.656. The quantitative estimate of drug-likeness (QED) is 0.808. The van der Waals surface area contributed by atoms with Crippen LogP contribution in [-0.2, 0) is 4.74 Å². The average Bonchev–Trinajstić information content (AvgIpc) is 2.25. The monoisotopic (exact) mass is 302 g/mol. The number of carbonyl (C=O) groups excluding carboxylic acids is 1. The van der Waals surface area contributed by atoms with Crippen molar-refractivity contribution in [3.05, 3.63) is 0 Å². The van der Waals surface area contributed by atoms with Crippen LogP contribution >= 0.6 is 11.9 Å². The fraction of sp³-hybridized carbons (Fsp3) is 0.933. The van der Waals surface area contributed by atoms with Crippen LogP contribution in [0.1, 0.15) is 54.4 Å². The van der Waals surface area contributed by atoms with Crippen LogP contribution in [0.3, 0.4) is 0 Å². The van der Waals surface area contributed by atoms with Crippen LogP contribution in [0, 0.1) is 5.92 Å². The standard InChI is InChI=1S/C15H30N2O2S/c1-14(2,3)19-13(18)17-9-7-12(8-10-17)11-16-20-15(4,5)6/h12,16H,7-11H2,1-6H3. The number of piperidine rings is 1. The summed E-state index contributed by atoms with van der Waals surface area (Å²) in [6.45, 7) is 15.0. The Balaban J connectivity index is 2.25. The molecule has 0 radical (unpaired) electrons. The van der Waals surface area contributed by atoms with Gasteiger partial charge in [0.25, 0.3) is 0 Å². The SMILES string of the molecule is CC(C)(C)OC(=O)N1CCC(CNSC(C)(C)C)CC1. The summed E-state index contributed by atoms with van der Waals surface area (Å²) in [5.41, 5.74) is -0.404. The lowest BCUT2D eigenvalue weighted by atomic mass is 9.97. The molecule has 1 heterocycles. The number of ether oxygens (including phenoxy) is 1. The number of amides is 1. The average molecular weight is 302 g/mol. The number of carbonyl (C=O) groups is 1. The molecule has 1 N–H and O–H groups in total. The van der Waals surface area contributed by atoms with Gasteiger partial charge in [-0.05, 0) is 60.3 Å². The Hall–Kier alpha value is -0.420. The van der Waals surface area contributed by atoms with Gasteiger partial charge in [0.2, 0.25) is 0 Å². The van der Waals surface area contributed by atoms with Crippen LogP contribution in [0.25, 0.3) is 0 Å². The van der Waals surface area contributed by atoms with Gasteiger partial charge in [0.1, 0.15) is 5.60 Å². The minimum atomic E-state index is -0.404. The molecular weight excluding hydrogens is 272 g/mol. The molecule has 0 bridgehead atoms. The number of hydrogen-bond donors (Lipinski definition) is 1. The van der Waals surface area contributed by atoms with Crippen LogP contribution < -0.4 is 4.72 Å². The van der Waals surface area contributed by atoms with Gasteiger partial charge in [-0.25, -0.2) is 4.79 Å². The number of nitrogens with one attached hydrogen (secondary N) is 1. The van der Waals surface area contributed by atoms with Gasteiger partial charge < -0.3 is 9.64 Å². The zero-order chi connectivity index (χ0) is 15.4. The molecule has 1 amide bonds. The van der Waals surface area contributed by atoms with Crippen molar-refractivity contribution in [1.29, 1.82) is 0 Å². The van der Waals surface area contributed by atoms with E-state index in [-0.39, 0.29) is 10.8 Å². The highest BCUT2D eigenvalue weighted by Gasteiger charge is 2.26. The second-order valence-electron chi connectivity index (χ2n) is 7.47. The lowest BCUT2D eigenvalue weighted by Crippen LogP contribution is -2.43. The van der Waals surface area contributed by atoms with Gasteiger partial charge in [-0.2, -0.15) is 0 Å². The van der Waals surface area contributed by atoms with Crippen molar-refractivity contribution < 1.29 is 9.53 Å². The summed E-state index contributed by atoms with van der Waals surface area (Å²) in [6, 6.07) is 0. The Labute approximate surface area is 128 Å². The summed E-state index contributed by atoms with van der Waals surface area (Å²) < 4.78 is 9.11. The van der Waals surface area contributed by atoms with E-state index in [0.29, 0.717) is 5.92 Å². The summed E-state index contributed by atoms with van der Waals surface area (Å²) in [7, 11) is 0. The van der Waals surface area contributed by atoms with Crippen molar-refractivity contribution in [2.24, 2.45) is 5.92 Å². The molecule has 1 fully saturated rings. The fourth-order valence-electron chi connectivity index (χ4n) is 2.02. The highest BCUT2D eigenvalue weighted by Crippen LogP contribution is 2.23. The van der Waals surface area contributed by atoms with Crippen LogP contribution in [0.15, 0.2) is 0 Å². The Morgan fingerprint density at radius 2 is 1.75 bits per heavy atom. The molecule has 20 heavy (non-hydrogen) atoms. The zero-order valence-corrected chi connectivity index (χ0v) is 14.6. The molecular formula is C15H30N2O2S. The van der Waals surface area contributed by atoms with Gasteiger partial charge in [0, 0.05) is 24.4 Å². The zero-order valence-electron chi connectivity index (χ0n) is 13.8. The van der Waals surface area contributed by atoms with E-state index >= 15 is 0 Å². The normalized spacial score (nSPS) is 18.2. The van der Waals surface area contributed by atoms with E-state index in [9.17, 15) is 4.79 Å². The lowest BCUT2D eigenvalue weighted by molar-refractivity contribution is 0.0186. The molecule has 0 aromatic carbocycles. The van der Waals surface area contributed by atoms with Crippen LogP contribution in [0.4, 0.5) is 4.79 Å². The maximum absolute atomic E-state index is 11.9. The maximum Gasteiger partial charge on any atom is 0.410 e. The highest BCUT2D eigenvalue weighted by atomic mass is 32.2. The minimum Gasteiger partial charge on any atom is -0.444 e. The number of likely N-dealkylation sites (tertiary alicyclic amines) is 1. The molecule has 5 heteroatoms. The van der Waals surface area contributed by atoms with Gasteiger partial charge in [0.05, 0.1) is 0 Å². The Morgan fingerprint density at radius 1 is 1.20 bits per heavy atom. The molecule has 1 aliphatic rings. The second kappa shape index (κ2) is 7.03. The molecule has 0 aromatic heterocycles. The summed E-state index contributed by atoms with van der Waals surface area (Å²) >= 11 is 1.79. The summed E-state index contributed by atoms with van der Waals surface area (Å²) in [5, 5.41) is 0. The van der Waals surface area contributed by atoms with Crippen molar-refractivity contribution in [2.45, 2.75) is 64.7 Å². The molecule has 1 rings (SSSR count). The van der Waals surface area contributed by atoms with E-state index in [1.807, 2.05) is 25.7 Å². The van der Waals surface area contributed by atoms with E-state index in [1.54, 1.807) is 11.9 Å². The van der Waals surface area contributed by atoms with Crippen molar-refractivity contribution in [3.63, 3.8) is 0 Å². The lowest BCUT2D eigenvalue weighted by Gasteiger charge is -2.33. The highest BCUT2D eigenvalue weighted by molar-refractivity contribution is 7.98. The smallest absolute Gasteiger partial charge is 0.410 e. The van der Waals surface area contributed by atoms with Crippen molar-refractivity contribution in [2.75, 3.05) is 19.6 Å². The number of nitrogens with zero attached hydrogens (tertiary/aromatic N) is 1. The number of hydrogen-bond acceptors (Lipinski definition) is 4. The van der Waals surface area contributed by atoms with Crippen molar-refractivity contribution >= 4 is 18.0 Å². The predicted octanol–water partition coefficient (Wildman–Crippen LogP) is 3.67. The molecule has 1 saturated heterocycles. The molecule has 0 unspecified atom stereocenters. The van der Waals surface area contributed by atoms with Gasteiger partial charge in [0.15, 0.2) is 0 Å². The van der Waals surface area contributed by atoms with Crippen LogP contribution in [0.5, 0.6) is 0 Å². The first kappa shape index (κ1) is 17.6. The maximum atomic E-state index is 11.9. The molecule has 0 aliphatic carbocycles. The third-order valence-electron chi connectivity index (χ3n) is 3.02. The third-order valence-corrected chi connectivity index (χ3v) is 3.94. The predicted molar refractivity (Wildman–Crippen MR) is 85.9 cm³/mol. The minimum absolute atomic E-state index is 0.173. The molecule has 1 aliphatic heterocycles. The van der Waals surface area contributed by atoms with Gasteiger partial charge in [-0.3, -0.25) is 4.72 Å². The van der Waals surface area contributed by atoms with E-state index in [1.165, 1.54) is 0 Å². The fourth-order valence-corrected chi connectivity index (χ4v) is 2.77.